The smallest absolute Gasteiger partial charge is 0.0358 e. The number of piperazine rings is 1. The van der Waals surface area contributed by atoms with E-state index in [2.05, 4.69) is 35.8 Å². The number of hydrogen-bond acceptors (Lipinski definition) is 3. The lowest BCUT2D eigenvalue weighted by Gasteiger charge is -2.52. The molecule has 3 heteroatoms. The molecule has 0 aromatic heterocycles. The van der Waals surface area contributed by atoms with Gasteiger partial charge in [-0.1, -0.05) is 13.8 Å². The van der Waals surface area contributed by atoms with Gasteiger partial charge in [-0.25, -0.2) is 0 Å². The highest BCUT2D eigenvalue weighted by atomic mass is 15.3. The van der Waals surface area contributed by atoms with Crippen molar-refractivity contribution < 1.29 is 0 Å². The van der Waals surface area contributed by atoms with Crippen LogP contribution in [-0.4, -0.2) is 74.1 Å². The topological polar surface area (TPSA) is 9.72 Å². The Labute approximate surface area is 101 Å². The molecule has 2 fully saturated rings. The van der Waals surface area contributed by atoms with Gasteiger partial charge in [0.2, 0.25) is 0 Å². The fourth-order valence-electron chi connectivity index (χ4n) is 2.83. The SMILES string of the molecule is CC.CN1CCC2(CC1)CN(C)CCN2C. The molecule has 96 valence electrons. The summed E-state index contributed by atoms with van der Waals surface area (Å²) in [5, 5.41) is 0. The van der Waals surface area contributed by atoms with Crippen molar-refractivity contribution in [1.29, 1.82) is 0 Å². The molecule has 0 radical (unpaired) electrons. The molecular formula is C13H29N3. The third-order valence-electron chi connectivity index (χ3n) is 4.11. The van der Waals surface area contributed by atoms with Crippen LogP contribution >= 0.6 is 0 Å². The zero-order chi connectivity index (χ0) is 12.2. The van der Waals surface area contributed by atoms with Crippen LogP contribution in [-0.2, 0) is 0 Å². The number of hydrogen-bond donors (Lipinski definition) is 0. The van der Waals surface area contributed by atoms with Crippen LogP contribution in [0.25, 0.3) is 0 Å². The molecule has 16 heavy (non-hydrogen) atoms. The van der Waals surface area contributed by atoms with Crippen LogP contribution in [0.2, 0.25) is 0 Å². The van der Waals surface area contributed by atoms with Gasteiger partial charge in [-0.15, -0.1) is 0 Å². The van der Waals surface area contributed by atoms with E-state index in [4.69, 9.17) is 0 Å². The van der Waals surface area contributed by atoms with E-state index in [9.17, 15) is 0 Å². The van der Waals surface area contributed by atoms with Gasteiger partial charge in [0.05, 0.1) is 0 Å². The maximum absolute atomic E-state index is 2.60. The molecule has 2 aliphatic heterocycles. The van der Waals surface area contributed by atoms with Gasteiger partial charge < -0.3 is 9.80 Å². The molecule has 0 unspecified atom stereocenters. The summed E-state index contributed by atoms with van der Waals surface area (Å²) in [6, 6.07) is 0. The third-order valence-corrected chi connectivity index (χ3v) is 4.11. The minimum absolute atomic E-state index is 0.486. The Bertz CT molecular complexity index is 197. The summed E-state index contributed by atoms with van der Waals surface area (Å²) in [5.41, 5.74) is 0.486. The maximum atomic E-state index is 2.60. The van der Waals surface area contributed by atoms with Crippen LogP contribution in [0.4, 0.5) is 0 Å². The molecule has 2 aliphatic rings. The number of nitrogens with zero attached hydrogens (tertiary/aromatic N) is 3. The molecule has 0 saturated carbocycles. The summed E-state index contributed by atoms with van der Waals surface area (Å²) in [4.78, 5) is 7.54. The fourth-order valence-corrected chi connectivity index (χ4v) is 2.83. The lowest BCUT2D eigenvalue weighted by molar-refractivity contribution is -0.0145. The van der Waals surface area contributed by atoms with Crippen molar-refractivity contribution >= 4 is 0 Å². The molecule has 3 nitrogen and oxygen atoms in total. The standard InChI is InChI=1S/C11H23N3.C2H6/c1-12-6-4-11(5-7-12)10-13(2)8-9-14(11)3;1-2/h4-10H2,1-3H3;1-2H3. The molecule has 2 rings (SSSR count). The second kappa shape index (κ2) is 5.99. The second-order valence-corrected chi connectivity index (χ2v) is 5.19. The third kappa shape index (κ3) is 2.96. The number of piperidine rings is 1. The number of rotatable bonds is 0. The maximum Gasteiger partial charge on any atom is 0.0358 e. The van der Waals surface area contributed by atoms with Gasteiger partial charge in [-0.2, -0.15) is 0 Å². The zero-order valence-corrected chi connectivity index (χ0v) is 11.8. The highest BCUT2D eigenvalue weighted by molar-refractivity contribution is 4.98. The fraction of sp³-hybridized carbons (Fsp3) is 1.00. The summed E-state index contributed by atoms with van der Waals surface area (Å²) < 4.78 is 0. The molecule has 0 aromatic rings. The van der Waals surface area contributed by atoms with Gasteiger partial charge in [-0.05, 0) is 47.1 Å². The van der Waals surface area contributed by atoms with E-state index >= 15 is 0 Å². The zero-order valence-electron chi connectivity index (χ0n) is 11.8. The molecular weight excluding hydrogens is 198 g/mol. The molecule has 2 saturated heterocycles. The molecule has 1 spiro atoms. The van der Waals surface area contributed by atoms with E-state index < -0.39 is 0 Å². The number of likely N-dealkylation sites (tertiary alicyclic amines) is 1. The Morgan fingerprint density at radius 2 is 1.31 bits per heavy atom. The second-order valence-electron chi connectivity index (χ2n) is 5.19. The van der Waals surface area contributed by atoms with Crippen LogP contribution < -0.4 is 0 Å². The predicted octanol–water partition coefficient (Wildman–Crippen LogP) is 1.35. The van der Waals surface area contributed by atoms with Crippen molar-refractivity contribution in [3.63, 3.8) is 0 Å². The largest absolute Gasteiger partial charge is 0.306 e. The van der Waals surface area contributed by atoms with Crippen molar-refractivity contribution in [2.24, 2.45) is 0 Å². The predicted molar refractivity (Wildman–Crippen MR) is 70.9 cm³/mol. The van der Waals surface area contributed by atoms with Gasteiger partial charge in [0, 0.05) is 25.2 Å². The Kier molecular flexibility index (Phi) is 5.22. The van der Waals surface area contributed by atoms with E-state index in [0.717, 1.165) is 0 Å². The van der Waals surface area contributed by atoms with Gasteiger partial charge in [0.25, 0.3) is 0 Å². The highest BCUT2D eigenvalue weighted by Crippen LogP contribution is 2.30. The van der Waals surface area contributed by atoms with Crippen molar-refractivity contribution in [1.82, 2.24) is 14.7 Å². The van der Waals surface area contributed by atoms with Gasteiger partial charge in [0.15, 0.2) is 0 Å². The van der Waals surface area contributed by atoms with E-state index in [1.165, 1.54) is 45.6 Å². The van der Waals surface area contributed by atoms with Crippen molar-refractivity contribution in [3.05, 3.63) is 0 Å². The summed E-state index contributed by atoms with van der Waals surface area (Å²) in [6.07, 6.45) is 2.68. The average molecular weight is 227 g/mol. The van der Waals surface area contributed by atoms with Crippen molar-refractivity contribution in [2.45, 2.75) is 32.2 Å². The minimum atomic E-state index is 0.486. The van der Waals surface area contributed by atoms with E-state index in [1.807, 2.05) is 13.8 Å². The first-order valence-corrected chi connectivity index (χ1v) is 6.71. The van der Waals surface area contributed by atoms with Gasteiger partial charge in [-0.3, -0.25) is 4.90 Å². The van der Waals surface area contributed by atoms with Gasteiger partial charge >= 0.3 is 0 Å². The Hall–Kier alpha value is -0.120. The molecule has 0 aromatic carbocycles. The monoisotopic (exact) mass is 227 g/mol. The summed E-state index contributed by atoms with van der Waals surface area (Å²) in [7, 11) is 6.80. The summed E-state index contributed by atoms with van der Waals surface area (Å²) in [5.74, 6) is 0. The van der Waals surface area contributed by atoms with Crippen LogP contribution in [0.15, 0.2) is 0 Å². The van der Waals surface area contributed by atoms with Crippen LogP contribution in [0, 0.1) is 0 Å². The summed E-state index contributed by atoms with van der Waals surface area (Å²) >= 11 is 0. The lowest BCUT2D eigenvalue weighted by atomic mass is 9.84. The van der Waals surface area contributed by atoms with E-state index in [1.54, 1.807) is 0 Å². The normalized spacial score (nSPS) is 27.6. The van der Waals surface area contributed by atoms with Crippen LogP contribution in [0.5, 0.6) is 0 Å². The first kappa shape index (κ1) is 13.9. The Morgan fingerprint density at radius 1 is 0.750 bits per heavy atom. The minimum Gasteiger partial charge on any atom is -0.306 e. The number of likely N-dealkylation sites (N-methyl/N-ethyl adjacent to an activating group) is 2. The quantitative estimate of drug-likeness (QED) is 0.618. The Morgan fingerprint density at radius 3 is 1.88 bits per heavy atom. The molecule has 2 heterocycles. The Balaban J connectivity index is 0.000000606. The van der Waals surface area contributed by atoms with Gasteiger partial charge in [0.1, 0.15) is 0 Å². The van der Waals surface area contributed by atoms with Crippen LogP contribution in [0.1, 0.15) is 26.7 Å². The highest BCUT2D eigenvalue weighted by Gasteiger charge is 2.40. The van der Waals surface area contributed by atoms with Crippen LogP contribution in [0.3, 0.4) is 0 Å². The van der Waals surface area contributed by atoms with Crippen molar-refractivity contribution in [3.8, 4) is 0 Å². The lowest BCUT2D eigenvalue weighted by Crippen LogP contribution is -2.63. The molecule has 0 atom stereocenters. The van der Waals surface area contributed by atoms with E-state index in [0.29, 0.717) is 5.54 Å². The average Bonchev–Trinajstić information content (AvgIpc) is 2.31. The first-order valence-electron chi connectivity index (χ1n) is 6.71. The van der Waals surface area contributed by atoms with E-state index in [-0.39, 0.29) is 0 Å². The molecule has 0 bridgehead atoms. The first-order chi connectivity index (χ1) is 7.62. The molecule has 0 N–H and O–H groups in total. The van der Waals surface area contributed by atoms with Crippen molar-refractivity contribution in [2.75, 3.05) is 53.9 Å². The molecule has 0 amide bonds. The molecule has 0 aliphatic carbocycles. The summed E-state index contributed by atoms with van der Waals surface area (Å²) in [6.45, 7) is 10.3.